The van der Waals surface area contributed by atoms with E-state index in [2.05, 4.69) is 201 Å². The lowest BCUT2D eigenvalue weighted by atomic mass is 9.95. The van der Waals surface area contributed by atoms with Crippen molar-refractivity contribution >= 4 is 45.1 Å². The van der Waals surface area contributed by atoms with Gasteiger partial charge in [-0.2, -0.15) is 0 Å². The molecule has 296 valence electrons. The standard InChI is InChI=1S/C56H52N4/c1-33(2)37-9-17-41(18-10-37)53-45-25-27-47(57-45)54(42-19-11-38(12-20-42)34(3)4)49-29-31-51(59-49)56(44-23-15-40(16-24-44)36(7)8)52-32-30-50(60-52)55(48-28-26-46(53)58-48)43-21-13-39(14-22-43)35(5)6/h9-36H,1-8H3. The average Bonchev–Trinajstić information content (AvgIpc) is 4.10. The molecular formula is C56H52N4. The summed E-state index contributed by atoms with van der Waals surface area (Å²) in [6.07, 6.45) is 17.2. The largest absolute Gasteiger partial charge is 0.248 e. The normalized spacial score (nSPS) is 17.1. The highest BCUT2D eigenvalue weighted by Gasteiger charge is 2.28. The van der Waals surface area contributed by atoms with Gasteiger partial charge in [0.1, 0.15) is 0 Å². The maximum Gasteiger partial charge on any atom is 0.0738 e. The molecule has 0 aromatic heterocycles. The molecule has 0 saturated heterocycles. The van der Waals surface area contributed by atoms with E-state index in [1.54, 1.807) is 0 Å². The molecule has 5 aliphatic heterocycles. The van der Waals surface area contributed by atoms with Gasteiger partial charge in [0.25, 0.3) is 0 Å². The molecule has 5 aliphatic rings. The molecule has 0 spiro atoms. The number of rotatable bonds is 8. The van der Waals surface area contributed by atoms with Crippen molar-refractivity contribution in [3.63, 3.8) is 0 Å². The minimum atomic E-state index is 0.424. The van der Waals surface area contributed by atoms with Crippen molar-refractivity contribution in [3.8, 4) is 0 Å². The summed E-state index contributed by atoms with van der Waals surface area (Å²) in [6, 6.07) is 35.6. The second-order valence-electron chi connectivity index (χ2n) is 17.5. The first kappa shape index (κ1) is 39.0. The van der Waals surface area contributed by atoms with E-state index in [9.17, 15) is 0 Å². The lowest BCUT2D eigenvalue weighted by Gasteiger charge is -2.14. The van der Waals surface area contributed by atoms with Crippen molar-refractivity contribution in [1.29, 1.82) is 0 Å². The highest BCUT2D eigenvalue weighted by Crippen LogP contribution is 2.39. The molecule has 9 rings (SSSR count). The van der Waals surface area contributed by atoms with Crippen LogP contribution in [0.25, 0.3) is 22.3 Å². The van der Waals surface area contributed by atoms with Crippen molar-refractivity contribution in [2.75, 3.05) is 0 Å². The molecule has 0 unspecified atom stereocenters. The van der Waals surface area contributed by atoms with Gasteiger partial charge in [-0.05, 0) is 117 Å². The molecule has 5 heterocycles. The third-order valence-corrected chi connectivity index (χ3v) is 12.1. The molecule has 4 nitrogen and oxygen atoms in total. The van der Waals surface area contributed by atoms with Crippen LogP contribution >= 0.6 is 0 Å². The first-order chi connectivity index (χ1) is 29.0. The summed E-state index contributed by atoms with van der Waals surface area (Å²) in [7, 11) is 0. The van der Waals surface area contributed by atoms with Gasteiger partial charge < -0.3 is 0 Å². The molecule has 0 atom stereocenters. The third kappa shape index (κ3) is 7.36. The Kier molecular flexibility index (Phi) is 10.3. The maximum absolute atomic E-state index is 5.48. The summed E-state index contributed by atoms with van der Waals surface area (Å²) >= 11 is 0. The average molecular weight is 781 g/mol. The van der Waals surface area contributed by atoms with Crippen LogP contribution < -0.4 is 0 Å². The van der Waals surface area contributed by atoms with Crippen LogP contribution in [0.15, 0.2) is 188 Å². The molecule has 0 saturated carbocycles. The lowest BCUT2D eigenvalue weighted by Crippen LogP contribution is -2.04. The highest BCUT2D eigenvalue weighted by atomic mass is 14.9. The molecule has 4 heteroatoms. The second kappa shape index (κ2) is 15.9. The number of allylic oxidation sites excluding steroid dienone is 12. The summed E-state index contributed by atoms with van der Waals surface area (Å²) in [6.45, 7) is 17.9. The molecule has 0 radical (unpaired) electrons. The van der Waals surface area contributed by atoms with E-state index in [0.717, 1.165) is 90.2 Å². The number of hydrogen-bond acceptors (Lipinski definition) is 4. The quantitative estimate of drug-likeness (QED) is 0.171. The monoisotopic (exact) mass is 780 g/mol. The Morgan fingerprint density at radius 1 is 0.250 bits per heavy atom. The minimum absolute atomic E-state index is 0.424. The molecule has 0 N–H and O–H groups in total. The third-order valence-electron chi connectivity index (χ3n) is 12.1. The molecule has 0 fully saturated rings. The van der Waals surface area contributed by atoms with Gasteiger partial charge in [-0.1, -0.05) is 152 Å². The highest BCUT2D eigenvalue weighted by molar-refractivity contribution is 6.39. The first-order valence-electron chi connectivity index (χ1n) is 21.5. The number of fused-ring (bicyclic) bond motifs is 4. The van der Waals surface area contributed by atoms with E-state index in [1.165, 1.54) is 22.3 Å². The van der Waals surface area contributed by atoms with Crippen LogP contribution in [0.1, 0.15) is 124 Å². The lowest BCUT2D eigenvalue weighted by molar-refractivity contribution is 0.866. The van der Waals surface area contributed by atoms with Gasteiger partial charge in [-0.15, -0.1) is 0 Å². The predicted molar refractivity (Wildman–Crippen MR) is 256 cm³/mol. The number of benzene rings is 4. The van der Waals surface area contributed by atoms with E-state index in [-0.39, 0.29) is 0 Å². The maximum atomic E-state index is 5.48. The van der Waals surface area contributed by atoms with Crippen LogP contribution in [0.4, 0.5) is 0 Å². The van der Waals surface area contributed by atoms with E-state index in [0.29, 0.717) is 23.7 Å². The minimum Gasteiger partial charge on any atom is -0.248 e. The Bertz CT molecular complexity index is 2380. The smallest absolute Gasteiger partial charge is 0.0738 e. The molecule has 60 heavy (non-hydrogen) atoms. The molecule has 4 aromatic rings. The number of nitrogens with zero attached hydrogens (tertiary/aromatic N) is 4. The van der Waals surface area contributed by atoms with E-state index < -0.39 is 0 Å². The summed E-state index contributed by atoms with van der Waals surface area (Å²) in [5.74, 6) is 1.70. The Morgan fingerprint density at radius 3 is 0.600 bits per heavy atom. The Morgan fingerprint density at radius 2 is 0.433 bits per heavy atom. The van der Waals surface area contributed by atoms with Gasteiger partial charge in [0, 0.05) is 22.3 Å². The summed E-state index contributed by atoms with van der Waals surface area (Å²) in [5, 5.41) is 0. The Hall–Kier alpha value is -6.52. The zero-order valence-corrected chi connectivity index (χ0v) is 36.0. The number of hydrogen-bond donors (Lipinski definition) is 0. The van der Waals surface area contributed by atoms with E-state index in [4.69, 9.17) is 20.0 Å². The van der Waals surface area contributed by atoms with Crippen molar-refractivity contribution in [2.24, 2.45) is 20.0 Å². The van der Waals surface area contributed by atoms with Crippen LogP contribution in [0, 0.1) is 0 Å². The number of aliphatic imine (C=N–C) groups is 4. The summed E-state index contributed by atoms with van der Waals surface area (Å²) in [5.41, 5.74) is 20.4. The molecule has 0 aliphatic carbocycles. The van der Waals surface area contributed by atoms with Crippen LogP contribution in [0.3, 0.4) is 0 Å². The zero-order chi connectivity index (χ0) is 41.7. The zero-order valence-electron chi connectivity index (χ0n) is 36.0. The van der Waals surface area contributed by atoms with Gasteiger partial charge in [-0.3, -0.25) is 0 Å². The van der Waals surface area contributed by atoms with Crippen LogP contribution in [0.5, 0.6) is 0 Å². The van der Waals surface area contributed by atoms with Gasteiger partial charge in [0.05, 0.1) is 45.6 Å². The topological polar surface area (TPSA) is 49.4 Å². The van der Waals surface area contributed by atoms with Gasteiger partial charge >= 0.3 is 0 Å². The predicted octanol–water partition coefficient (Wildman–Crippen LogP) is 14.2. The Balaban J connectivity index is 1.33. The fourth-order valence-corrected chi connectivity index (χ4v) is 8.41. The molecular weight excluding hydrogens is 729 g/mol. The van der Waals surface area contributed by atoms with E-state index in [1.807, 2.05) is 0 Å². The fraction of sp³-hybridized carbons (Fsp3) is 0.214. The van der Waals surface area contributed by atoms with Crippen molar-refractivity contribution in [1.82, 2.24) is 0 Å². The molecule has 4 aromatic carbocycles. The van der Waals surface area contributed by atoms with Crippen LogP contribution in [-0.2, 0) is 0 Å². The SMILES string of the molecule is CC(C)c1ccc(C2=C3C=CC(=N3)C(c3ccc(C(C)C)cc3)=C3C=CC(=N3)C(c3ccc(C(C)C)cc3)=C3C=CC(=N3)C(c3ccc(C(C)C)cc3)=C3C=CC2=N3)cc1. The van der Waals surface area contributed by atoms with Crippen molar-refractivity contribution in [2.45, 2.75) is 79.1 Å². The van der Waals surface area contributed by atoms with Crippen molar-refractivity contribution < 1.29 is 0 Å². The van der Waals surface area contributed by atoms with E-state index >= 15 is 0 Å². The summed E-state index contributed by atoms with van der Waals surface area (Å²) < 4.78 is 0. The van der Waals surface area contributed by atoms with Crippen LogP contribution in [0.2, 0.25) is 0 Å². The second-order valence-corrected chi connectivity index (χ2v) is 17.5. The van der Waals surface area contributed by atoms with Gasteiger partial charge in [0.2, 0.25) is 0 Å². The molecule has 0 amide bonds. The summed E-state index contributed by atoms with van der Waals surface area (Å²) in [4.78, 5) is 21.9. The molecule has 8 bridgehead atoms. The van der Waals surface area contributed by atoms with Gasteiger partial charge in [0.15, 0.2) is 0 Å². The fourth-order valence-electron chi connectivity index (χ4n) is 8.41. The Labute approximate surface area is 355 Å². The first-order valence-corrected chi connectivity index (χ1v) is 21.5. The van der Waals surface area contributed by atoms with Crippen molar-refractivity contribution in [3.05, 3.63) is 213 Å². The van der Waals surface area contributed by atoms with Gasteiger partial charge in [-0.25, -0.2) is 20.0 Å². The van der Waals surface area contributed by atoms with Crippen LogP contribution in [-0.4, -0.2) is 22.8 Å².